The molecule has 0 aliphatic carbocycles. The van der Waals surface area contributed by atoms with Crippen LogP contribution in [-0.2, 0) is 14.3 Å². The van der Waals surface area contributed by atoms with Crippen LogP contribution in [0.15, 0.2) is 42.5 Å². The maximum absolute atomic E-state index is 11.5. The molecule has 0 aliphatic heterocycles. The van der Waals surface area contributed by atoms with Crippen LogP contribution in [0.25, 0.3) is 6.08 Å². The van der Waals surface area contributed by atoms with Crippen LogP contribution in [0.5, 0.6) is 5.75 Å². The Bertz CT molecular complexity index is 560. The van der Waals surface area contributed by atoms with Crippen LogP contribution >= 0.6 is 0 Å². The molecule has 126 valence electrons. The Balaban J connectivity index is 0.00000232. The maximum atomic E-state index is 11.5. The Labute approximate surface area is 138 Å². The van der Waals surface area contributed by atoms with Crippen molar-refractivity contribution >= 4 is 18.0 Å². The van der Waals surface area contributed by atoms with Gasteiger partial charge < -0.3 is 9.47 Å². The third-order valence-electron chi connectivity index (χ3n) is 2.26. The predicted molar refractivity (Wildman–Crippen MR) is 93.1 cm³/mol. The van der Waals surface area contributed by atoms with Gasteiger partial charge in [0.15, 0.2) is 0 Å². The van der Waals surface area contributed by atoms with Crippen LogP contribution in [0, 0.1) is 0 Å². The van der Waals surface area contributed by atoms with Gasteiger partial charge in [-0.05, 0) is 51.5 Å². The zero-order chi connectivity index (χ0) is 18.0. The molecule has 0 atom stereocenters. The van der Waals surface area contributed by atoms with E-state index in [4.69, 9.17) is 9.47 Å². The number of carbonyl (C=O) groups is 2. The molecule has 0 spiro atoms. The number of hydrogen-bond donors (Lipinski definition) is 0. The third kappa shape index (κ3) is 9.30. The summed E-state index contributed by atoms with van der Waals surface area (Å²) in [5.74, 6) is -0.440. The van der Waals surface area contributed by atoms with Gasteiger partial charge in [0.1, 0.15) is 11.4 Å². The van der Waals surface area contributed by atoms with Crippen LogP contribution in [0.4, 0.5) is 0 Å². The Morgan fingerprint density at radius 2 is 1.61 bits per heavy atom. The molecule has 0 aliphatic rings. The van der Waals surface area contributed by atoms with Gasteiger partial charge in [-0.2, -0.15) is 0 Å². The lowest BCUT2D eigenvalue weighted by molar-refractivity contribution is -0.148. The van der Waals surface area contributed by atoms with E-state index in [1.165, 1.54) is 6.08 Å². The number of rotatable bonds is 4. The largest absolute Gasteiger partial charge is 0.457 e. The molecule has 1 rings (SSSR count). The van der Waals surface area contributed by atoms with Crippen molar-refractivity contribution in [1.82, 2.24) is 0 Å². The van der Waals surface area contributed by atoms with E-state index in [0.29, 0.717) is 11.3 Å². The Hall–Kier alpha value is -2.36. The maximum Gasteiger partial charge on any atom is 0.338 e. The second kappa shape index (κ2) is 9.62. The lowest BCUT2D eigenvalue weighted by Crippen LogP contribution is -2.22. The van der Waals surface area contributed by atoms with Crippen molar-refractivity contribution in [1.29, 1.82) is 0 Å². The zero-order valence-corrected chi connectivity index (χ0v) is 14.8. The molecule has 1 aromatic rings. The standard InChI is InChI=1S/C17H20O4.C2H6/c1-12(2)16(19)20-14-9-6-13(7-10-14)8-11-15(18)21-17(3,4)5;1-2/h6-11H,1H2,2-5H3;1-2H3/b11-8+;. The molecule has 0 N–H and O–H groups in total. The molecule has 0 bridgehead atoms. The second-order valence-electron chi connectivity index (χ2n) is 5.61. The summed E-state index contributed by atoms with van der Waals surface area (Å²) in [5.41, 5.74) is 0.627. The SMILES string of the molecule is C=C(C)C(=O)Oc1ccc(/C=C/C(=O)OC(C)(C)C)cc1.CC. The minimum atomic E-state index is -0.512. The molecule has 0 heterocycles. The summed E-state index contributed by atoms with van der Waals surface area (Å²) in [6.45, 7) is 14.5. The number of hydrogen-bond acceptors (Lipinski definition) is 4. The van der Waals surface area contributed by atoms with E-state index >= 15 is 0 Å². The van der Waals surface area contributed by atoms with Gasteiger partial charge in [0.25, 0.3) is 0 Å². The number of carbonyl (C=O) groups excluding carboxylic acids is 2. The number of benzene rings is 1. The highest BCUT2D eigenvalue weighted by Crippen LogP contribution is 2.15. The molecule has 0 amide bonds. The molecular weight excluding hydrogens is 292 g/mol. The van der Waals surface area contributed by atoms with Crippen LogP contribution < -0.4 is 4.74 Å². The monoisotopic (exact) mass is 318 g/mol. The lowest BCUT2D eigenvalue weighted by Gasteiger charge is -2.17. The van der Waals surface area contributed by atoms with Crippen LogP contribution in [-0.4, -0.2) is 17.5 Å². The van der Waals surface area contributed by atoms with Crippen LogP contribution in [0.1, 0.15) is 47.1 Å². The van der Waals surface area contributed by atoms with E-state index in [2.05, 4.69) is 6.58 Å². The highest BCUT2D eigenvalue weighted by Gasteiger charge is 2.13. The first kappa shape index (κ1) is 20.6. The molecule has 1 aromatic carbocycles. The Kier molecular flexibility index (Phi) is 8.63. The fourth-order valence-electron chi connectivity index (χ4n) is 1.34. The van der Waals surface area contributed by atoms with Gasteiger partial charge in [-0.15, -0.1) is 0 Å². The van der Waals surface area contributed by atoms with Gasteiger partial charge >= 0.3 is 11.9 Å². The summed E-state index contributed by atoms with van der Waals surface area (Å²) in [6.07, 6.45) is 3.00. The lowest BCUT2D eigenvalue weighted by atomic mass is 10.2. The van der Waals surface area contributed by atoms with E-state index in [9.17, 15) is 9.59 Å². The minimum absolute atomic E-state index is 0.337. The summed E-state index contributed by atoms with van der Waals surface area (Å²) in [6, 6.07) is 6.77. The average Bonchev–Trinajstić information content (AvgIpc) is 2.46. The molecule has 4 heteroatoms. The second-order valence-corrected chi connectivity index (χ2v) is 5.61. The smallest absolute Gasteiger partial charge is 0.338 e. The van der Waals surface area contributed by atoms with E-state index in [0.717, 1.165) is 5.56 Å². The van der Waals surface area contributed by atoms with Crippen molar-refractivity contribution in [3.05, 3.63) is 48.1 Å². The highest BCUT2D eigenvalue weighted by molar-refractivity contribution is 5.89. The summed E-state index contributed by atoms with van der Waals surface area (Å²) in [5, 5.41) is 0. The van der Waals surface area contributed by atoms with Crippen molar-refractivity contribution in [3.63, 3.8) is 0 Å². The minimum Gasteiger partial charge on any atom is -0.457 e. The van der Waals surface area contributed by atoms with E-state index in [1.54, 1.807) is 37.3 Å². The van der Waals surface area contributed by atoms with Crippen molar-refractivity contribution < 1.29 is 19.1 Å². The fraction of sp³-hybridized carbons (Fsp3) is 0.368. The topological polar surface area (TPSA) is 52.6 Å². The number of esters is 2. The predicted octanol–water partition coefficient (Wildman–Crippen LogP) is 4.55. The van der Waals surface area contributed by atoms with Crippen molar-refractivity contribution in [3.8, 4) is 5.75 Å². The molecular formula is C19H26O4. The van der Waals surface area contributed by atoms with Gasteiger partial charge in [0.05, 0.1) is 0 Å². The number of ether oxygens (including phenoxy) is 2. The molecule has 0 saturated heterocycles. The normalized spacial score (nSPS) is 10.5. The van der Waals surface area contributed by atoms with Crippen molar-refractivity contribution in [2.24, 2.45) is 0 Å². The first-order valence-corrected chi connectivity index (χ1v) is 7.56. The first-order chi connectivity index (χ1) is 10.7. The van der Waals surface area contributed by atoms with Gasteiger partial charge in [-0.25, -0.2) is 9.59 Å². The van der Waals surface area contributed by atoms with E-state index in [-0.39, 0.29) is 0 Å². The Morgan fingerprint density at radius 3 is 2.04 bits per heavy atom. The highest BCUT2D eigenvalue weighted by atomic mass is 16.6. The molecule has 0 radical (unpaired) electrons. The molecule has 0 unspecified atom stereocenters. The van der Waals surface area contributed by atoms with E-state index < -0.39 is 17.5 Å². The zero-order valence-electron chi connectivity index (χ0n) is 14.8. The molecule has 0 fully saturated rings. The Morgan fingerprint density at radius 1 is 1.09 bits per heavy atom. The van der Waals surface area contributed by atoms with E-state index in [1.807, 2.05) is 34.6 Å². The van der Waals surface area contributed by atoms with Crippen LogP contribution in [0.2, 0.25) is 0 Å². The van der Waals surface area contributed by atoms with Crippen LogP contribution in [0.3, 0.4) is 0 Å². The first-order valence-electron chi connectivity index (χ1n) is 7.56. The average molecular weight is 318 g/mol. The van der Waals surface area contributed by atoms with Gasteiger partial charge in [-0.3, -0.25) is 0 Å². The fourth-order valence-corrected chi connectivity index (χ4v) is 1.34. The summed E-state index contributed by atoms with van der Waals surface area (Å²) >= 11 is 0. The quantitative estimate of drug-likeness (QED) is 0.464. The summed E-state index contributed by atoms with van der Waals surface area (Å²) in [7, 11) is 0. The molecule has 23 heavy (non-hydrogen) atoms. The van der Waals surface area contributed by atoms with Gasteiger partial charge in [0, 0.05) is 11.6 Å². The molecule has 4 nitrogen and oxygen atoms in total. The van der Waals surface area contributed by atoms with Gasteiger partial charge in [0.2, 0.25) is 0 Å². The summed E-state index contributed by atoms with van der Waals surface area (Å²) < 4.78 is 10.2. The van der Waals surface area contributed by atoms with Crippen molar-refractivity contribution in [2.45, 2.75) is 47.1 Å². The molecule has 0 saturated carbocycles. The van der Waals surface area contributed by atoms with Crippen molar-refractivity contribution in [2.75, 3.05) is 0 Å². The summed E-state index contributed by atoms with van der Waals surface area (Å²) in [4.78, 5) is 22.9. The molecule has 0 aromatic heterocycles. The third-order valence-corrected chi connectivity index (χ3v) is 2.26. The van der Waals surface area contributed by atoms with Gasteiger partial charge in [-0.1, -0.05) is 32.6 Å².